The number of halogens is 3. The van der Waals surface area contributed by atoms with Crippen molar-refractivity contribution in [3.63, 3.8) is 0 Å². The van der Waals surface area contributed by atoms with Crippen LogP contribution in [-0.2, 0) is 10.9 Å². The third-order valence-corrected chi connectivity index (χ3v) is 2.01. The summed E-state index contributed by atoms with van der Waals surface area (Å²) >= 11 is 0. The fourth-order valence-electron chi connectivity index (χ4n) is 1.25. The van der Waals surface area contributed by atoms with Gasteiger partial charge in [-0.3, -0.25) is 0 Å². The Hall–Kier alpha value is -1.72. The van der Waals surface area contributed by atoms with E-state index < -0.39 is 17.7 Å². The lowest BCUT2D eigenvalue weighted by atomic mass is 10.1. The van der Waals surface area contributed by atoms with Crippen molar-refractivity contribution in [2.45, 2.75) is 13.1 Å². The molecule has 0 aromatic heterocycles. The molecule has 1 aromatic rings. The van der Waals surface area contributed by atoms with E-state index in [0.717, 1.165) is 25.3 Å². The molecule has 94 valence electrons. The first kappa shape index (κ1) is 13.3. The standard InChI is InChI=1S/C11H11F3O3/c1-3-17-9-6-7(11(12,13)14)4-5-8(9)10(15)16-2/h4-6H,3H2,1-2H3. The predicted octanol–water partition coefficient (Wildman–Crippen LogP) is 2.89. The average molecular weight is 248 g/mol. The van der Waals surface area contributed by atoms with Crippen molar-refractivity contribution < 1.29 is 27.4 Å². The number of hydrogen-bond donors (Lipinski definition) is 0. The van der Waals surface area contributed by atoms with Crippen LogP contribution in [0.15, 0.2) is 18.2 Å². The molecular weight excluding hydrogens is 237 g/mol. The third-order valence-electron chi connectivity index (χ3n) is 2.01. The molecule has 0 unspecified atom stereocenters. The minimum Gasteiger partial charge on any atom is -0.493 e. The van der Waals surface area contributed by atoms with Crippen molar-refractivity contribution in [3.05, 3.63) is 29.3 Å². The summed E-state index contributed by atoms with van der Waals surface area (Å²) < 4.78 is 46.8. The molecule has 6 heteroatoms. The molecule has 0 aliphatic heterocycles. The molecule has 0 N–H and O–H groups in total. The molecule has 0 aliphatic carbocycles. The summed E-state index contributed by atoms with van der Waals surface area (Å²) in [5.41, 5.74) is -0.893. The van der Waals surface area contributed by atoms with Gasteiger partial charge < -0.3 is 9.47 Å². The number of ether oxygens (including phenoxy) is 2. The number of carbonyl (C=O) groups is 1. The quantitative estimate of drug-likeness (QED) is 0.771. The summed E-state index contributed by atoms with van der Waals surface area (Å²) in [6.07, 6.45) is -4.47. The zero-order chi connectivity index (χ0) is 13.1. The number of esters is 1. The Morgan fingerprint density at radius 2 is 2.00 bits per heavy atom. The van der Waals surface area contributed by atoms with Gasteiger partial charge in [-0.25, -0.2) is 4.79 Å². The van der Waals surface area contributed by atoms with Crippen molar-refractivity contribution in [3.8, 4) is 5.75 Å². The molecule has 1 aromatic carbocycles. The molecule has 0 spiro atoms. The first-order chi connectivity index (χ1) is 7.90. The lowest BCUT2D eigenvalue weighted by Gasteiger charge is -2.12. The van der Waals surface area contributed by atoms with Gasteiger partial charge in [0.2, 0.25) is 0 Å². The van der Waals surface area contributed by atoms with Gasteiger partial charge in [0, 0.05) is 0 Å². The molecule has 0 aliphatic rings. The van der Waals surface area contributed by atoms with Crippen LogP contribution >= 0.6 is 0 Å². The normalized spacial score (nSPS) is 11.1. The smallest absolute Gasteiger partial charge is 0.416 e. The Labute approximate surface area is 96.1 Å². The molecule has 0 radical (unpaired) electrons. The molecule has 0 amide bonds. The highest BCUT2D eigenvalue weighted by Gasteiger charge is 2.32. The van der Waals surface area contributed by atoms with E-state index in [1.54, 1.807) is 6.92 Å². The van der Waals surface area contributed by atoms with Gasteiger partial charge in [0.25, 0.3) is 0 Å². The summed E-state index contributed by atoms with van der Waals surface area (Å²) in [7, 11) is 1.15. The Bertz CT molecular complexity index is 413. The lowest BCUT2D eigenvalue weighted by molar-refractivity contribution is -0.137. The van der Waals surface area contributed by atoms with E-state index in [-0.39, 0.29) is 17.9 Å². The van der Waals surface area contributed by atoms with E-state index in [1.807, 2.05) is 0 Å². The molecular formula is C11H11F3O3. The van der Waals surface area contributed by atoms with E-state index in [2.05, 4.69) is 4.74 Å². The van der Waals surface area contributed by atoms with E-state index in [1.165, 1.54) is 0 Å². The molecule has 0 saturated heterocycles. The molecule has 0 saturated carbocycles. The van der Waals surface area contributed by atoms with Crippen molar-refractivity contribution in [1.82, 2.24) is 0 Å². The number of hydrogen-bond acceptors (Lipinski definition) is 3. The van der Waals surface area contributed by atoms with Gasteiger partial charge in [-0.1, -0.05) is 0 Å². The van der Waals surface area contributed by atoms with Crippen LogP contribution in [0.25, 0.3) is 0 Å². The van der Waals surface area contributed by atoms with E-state index >= 15 is 0 Å². The van der Waals surface area contributed by atoms with Gasteiger partial charge >= 0.3 is 12.1 Å². The average Bonchev–Trinajstić information content (AvgIpc) is 2.27. The maximum Gasteiger partial charge on any atom is 0.416 e. The molecule has 0 heterocycles. The van der Waals surface area contributed by atoms with Crippen LogP contribution < -0.4 is 4.74 Å². The van der Waals surface area contributed by atoms with Gasteiger partial charge in [0.05, 0.1) is 19.3 Å². The second-order valence-corrected chi connectivity index (χ2v) is 3.13. The molecule has 1 rings (SSSR count). The molecule has 17 heavy (non-hydrogen) atoms. The van der Waals surface area contributed by atoms with Crippen LogP contribution in [0.2, 0.25) is 0 Å². The number of benzene rings is 1. The minimum atomic E-state index is -4.47. The van der Waals surface area contributed by atoms with Gasteiger partial charge in [0.1, 0.15) is 11.3 Å². The van der Waals surface area contributed by atoms with Crippen molar-refractivity contribution >= 4 is 5.97 Å². The SMILES string of the molecule is CCOc1cc(C(F)(F)F)ccc1C(=O)OC. The molecule has 0 fully saturated rings. The molecule has 0 bridgehead atoms. The Kier molecular flexibility index (Phi) is 3.98. The first-order valence-corrected chi connectivity index (χ1v) is 4.82. The predicted molar refractivity (Wildman–Crippen MR) is 54.0 cm³/mol. The van der Waals surface area contributed by atoms with Gasteiger partial charge in [-0.05, 0) is 25.1 Å². The van der Waals surface area contributed by atoms with Gasteiger partial charge in [-0.15, -0.1) is 0 Å². The number of carbonyl (C=O) groups excluding carboxylic acids is 1. The van der Waals surface area contributed by atoms with Gasteiger partial charge in [-0.2, -0.15) is 13.2 Å². The monoisotopic (exact) mass is 248 g/mol. The summed E-state index contributed by atoms with van der Waals surface area (Å²) in [6, 6.07) is 2.64. The van der Waals surface area contributed by atoms with Gasteiger partial charge in [0.15, 0.2) is 0 Å². The summed E-state index contributed by atoms with van der Waals surface area (Å²) in [6.45, 7) is 1.77. The highest BCUT2D eigenvalue weighted by Crippen LogP contribution is 2.33. The fourth-order valence-corrected chi connectivity index (χ4v) is 1.25. The van der Waals surface area contributed by atoms with E-state index in [4.69, 9.17) is 4.74 Å². The Morgan fingerprint density at radius 3 is 2.47 bits per heavy atom. The second-order valence-electron chi connectivity index (χ2n) is 3.13. The van der Waals surface area contributed by atoms with Crippen LogP contribution in [0.3, 0.4) is 0 Å². The summed E-state index contributed by atoms with van der Waals surface area (Å²) in [4.78, 5) is 11.3. The highest BCUT2D eigenvalue weighted by molar-refractivity contribution is 5.92. The number of alkyl halides is 3. The maximum atomic E-state index is 12.5. The Morgan fingerprint density at radius 1 is 1.35 bits per heavy atom. The van der Waals surface area contributed by atoms with E-state index in [9.17, 15) is 18.0 Å². The van der Waals surface area contributed by atoms with Crippen LogP contribution in [0.5, 0.6) is 5.75 Å². The summed E-state index contributed by atoms with van der Waals surface area (Å²) in [5.74, 6) is -0.864. The molecule has 3 nitrogen and oxygen atoms in total. The zero-order valence-electron chi connectivity index (χ0n) is 9.30. The van der Waals surface area contributed by atoms with Crippen LogP contribution in [0.4, 0.5) is 13.2 Å². The lowest BCUT2D eigenvalue weighted by Crippen LogP contribution is -2.10. The van der Waals surface area contributed by atoms with E-state index in [0.29, 0.717) is 0 Å². The number of methoxy groups -OCH3 is 1. The molecule has 0 atom stereocenters. The summed E-state index contributed by atoms with van der Waals surface area (Å²) in [5, 5.41) is 0. The van der Waals surface area contributed by atoms with Crippen molar-refractivity contribution in [2.75, 3.05) is 13.7 Å². The third kappa shape index (κ3) is 3.12. The Balaban J connectivity index is 3.21. The second kappa shape index (κ2) is 5.07. The van der Waals surface area contributed by atoms with Crippen LogP contribution in [0, 0.1) is 0 Å². The van der Waals surface area contributed by atoms with Crippen LogP contribution in [0.1, 0.15) is 22.8 Å². The first-order valence-electron chi connectivity index (χ1n) is 4.82. The van der Waals surface area contributed by atoms with Crippen molar-refractivity contribution in [1.29, 1.82) is 0 Å². The highest BCUT2D eigenvalue weighted by atomic mass is 19.4. The van der Waals surface area contributed by atoms with Crippen molar-refractivity contribution in [2.24, 2.45) is 0 Å². The fraction of sp³-hybridized carbons (Fsp3) is 0.364. The minimum absolute atomic E-state index is 0.0256. The maximum absolute atomic E-state index is 12.5. The topological polar surface area (TPSA) is 35.5 Å². The largest absolute Gasteiger partial charge is 0.493 e. The zero-order valence-corrected chi connectivity index (χ0v) is 9.30. The van der Waals surface area contributed by atoms with Crippen LogP contribution in [-0.4, -0.2) is 19.7 Å². The number of rotatable bonds is 3.